The molecule has 0 saturated carbocycles. The molecule has 4 heteroatoms. The zero-order chi connectivity index (χ0) is 13.1. The Labute approximate surface area is 107 Å². The van der Waals surface area contributed by atoms with Crippen molar-refractivity contribution in [2.24, 2.45) is 0 Å². The number of ether oxygens (including phenoxy) is 2. The predicted octanol–water partition coefficient (Wildman–Crippen LogP) is 3.20. The van der Waals surface area contributed by atoms with Crippen LogP contribution in [0, 0.1) is 0 Å². The molecule has 0 aliphatic heterocycles. The summed E-state index contributed by atoms with van der Waals surface area (Å²) in [5.41, 5.74) is 0.466. The van der Waals surface area contributed by atoms with Gasteiger partial charge in [-0.3, -0.25) is 0 Å². The molecule has 0 bridgehead atoms. The Bertz CT molecular complexity index is 371. The number of aliphatic hydroxyl groups is 1. The van der Waals surface area contributed by atoms with Crippen molar-refractivity contribution in [3.63, 3.8) is 0 Å². The molecule has 1 atom stereocenters. The first kappa shape index (κ1) is 14.3. The van der Waals surface area contributed by atoms with Gasteiger partial charge in [0.05, 0.1) is 24.3 Å². The van der Waals surface area contributed by atoms with Gasteiger partial charge in [-0.2, -0.15) is 0 Å². The Morgan fingerprint density at radius 3 is 2.53 bits per heavy atom. The largest absolute Gasteiger partial charge is 0.495 e. The summed E-state index contributed by atoms with van der Waals surface area (Å²) in [5, 5.41) is 10.5. The van der Waals surface area contributed by atoms with Crippen LogP contribution in [0.5, 0.6) is 5.75 Å². The first-order valence-corrected chi connectivity index (χ1v) is 5.87. The summed E-state index contributed by atoms with van der Waals surface area (Å²) in [7, 11) is 1.54. The summed E-state index contributed by atoms with van der Waals surface area (Å²) in [4.78, 5) is 0. The molecule has 1 aromatic rings. The van der Waals surface area contributed by atoms with Crippen LogP contribution in [0.3, 0.4) is 0 Å². The van der Waals surface area contributed by atoms with Gasteiger partial charge in [0.15, 0.2) is 0 Å². The van der Waals surface area contributed by atoms with Crippen LogP contribution in [0.4, 0.5) is 0 Å². The smallest absolute Gasteiger partial charge is 0.137 e. The molecule has 0 aromatic heterocycles. The van der Waals surface area contributed by atoms with Gasteiger partial charge in [-0.05, 0) is 38.5 Å². The molecule has 1 N–H and O–H groups in total. The number of benzene rings is 1. The Balaban J connectivity index is 2.72. The SMILES string of the molecule is COc1cc(C(O)COC(C)(C)C)ccc1Cl. The average molecular weight is 259 g/mol. The van der Waals surface area contributed by atoms with E-state index in [-0.39, 0.29) is 12.2 Å². The molecule has 1 unspecified atom stereocenters. The van der Waals surface area contributed by atoms with E-state index < -0.39 is 6.10 Å². The van der Waals surface area contributed by atoms with Crippen molar-refractivity contribution in [1.29, 1.82) is 0 Å². The van der Waals surface area contributed by atoms with Gasteiger partial charge in [-0.25, -0.2) is 0 Å². The molecule has 3 nitrogen and oxygen atoms in total. The standard InChI is InChI=1S/C13H19ClO3/c1-13(2,3)17-8-11(15)9-5-6-10(14)12(7-9)16-4/h5-7,11,15H,8H2,1-4H3. The number of hydrogen-bond acceptors (Lipinski definition) is 3. The second-order valence-electron chi connectivity index (χ2n) is 4.83. The van der Waals surface area contributed by atoms with Crippen molar-refractivity contribution in [3.8, 4) is 5.75 Å². The summed E-state index contributed by atoms with van der Waals surface area (Å²) in [6, 6.07) is 5.19. The molecule has 17 heavy (non-hydrogen) atoms. The topological polar surface area (TPSA) is 38.7 Å². The third-order valence-corrected chi connectivity index (χ3v) is 2.55. The minimum atomic E-state index is -0.680. The molecule has 0 aliphatic carbocycles. The van der Waals surface area contributed by atoms with E-state index in [0.717, 1.165) is 5.56 Å². The highest BCUT2D eigenvalue weighted by molar-refractivity contribution is 6.32. The molecular formula is C13H19ClO3. The Hall–Kier alpha value is -0.770. The molecule has 0 fully saturated rings. The lowest BCUT2D eigenvalue weighted by Crippen LogP contribution is -2.22. The molecule has 0 aliphatic rings. The van der Waals surface area contributed by atoms with E-state index in [0.29, 0.717) is 10.8 Å². The number of methoxy groups -OCH3 is 1. The zero-order valence-corrected chi connectivity index (χ0v) is 11.4. The van der Waals surface area contributed by atoms with Crippen LogP contribution < -0.4 is 4.74 Å². The minimum absolute atomic E-state index is 0.244. The van der Waals surface area contributed by atoms with E-state index in [4.69, 9.17) is 21.1 Å². The highest BCUT2D eigenvalue weighted by atomic mass is 35.5. The quantitative estimate of drug-likeness (QED) is 0.901. The van der Waals surface area contributed by atoms with Crippen molar-refractivity contribution in [2.45, 2.75) is 32.5 Å². The molecule has 0 heterocycles. The van der Waals surface area contributed by atoms with E-state index in [1.165, 1.54) is 0 Å². The normalized spacial score (nSPS) is 13.5. The average Bonchev–Trinajstić information content (AvgIpc) is 2.25. The highest BCUT2D eigenvalue weighted by Gasteiger charge is 2.16. The summed E-state index contributed by atoms with van der Waals surface area (Å²) >= 11 is 5.91. The maximum atomic E-state index is 9.97. The van der Waals surface area contributed by atoms with Crippen molar-refractivity contribution >= 4 is 11.6 Å². The van der Waals surface area contributed by atoms with E-state index >= 15 is 0 Å². The van der Waals surface area contributed by atoms with Gasteiger partial charge in [0.25, 0.3) is 0 Å². The van der Waals surface area contributed by atoms with Crippen molar-refractivity contribution in [1.82, 2.24) is 0 Å². The fourth-order valence-corrected chi connectivity index (χ4v) is 1.50. The number of rotatable bonds is 4. The fraction of sp³-hybridized carbons (Fsp3) is 0.538. The van der Waals surface area contributed by atoms with Gasteiger partial charge in [-0.1, -0.05) is 17.7 Å². The summed E-state index contributed by atoms with van der Waals surface area (Å²) < 4.78 is 10.6. The summed E-state index contributed by atoms with van der Waals surface area (Å²) in [6.07, 6.45) is -0.680. The lowest BCUT2D eigenvalue weighted by molar-refractivity contribution is -0.0496. The third kappa shape index (κ3) is 4.54. The van der Waals surface area contributed by atoms with Gasteiger partial charge in [0, 0.05) is 0 Å². The second kappa shape index (κ2) is 5.71. The Morgan fingerprint density at radius 1 is 1.35 bits per heavy atom. The van der Waals surface area contributed by atoms with Crippen LogP contribution in [0.25, 0.3) is 0 Å². The molecular weight excluding hydrogens is 240 g/mol. The first-order valence-electron chi connectivity index (χ1n) is 5.49. The zero-order valence-electron chi connectivity index (χ0n) is 10.7. The molecule has 1 aromatic carbocycles. The van der Waals surface area contributed by atoms with Crippen LogP contribution in [-0.4, -0.2) is 24.4 Å². The molecule has 0 saturated heterocycles. The first-order chi connectivity index (χ1) is 7.83. The third-order valence-electron chi connectivity index (χ3n) is 2.23. The molecule has 0 radical (unpaired) electrons. The lowest BCUT2D eigenvalue weighted by atomic mass is 10.1. The van der Waals surface area contributed by atoms with E-state index in [9.17, 15) is 5.11 Å². The monoisotopic (exact) mass is 258 g/mol. The predicted molar refractivity (Wildman–Crippen MR) is 68.7 cm³/mol. The Kier molecular flexibility index (Phi) is 4.80. The van der Waals surface area contributed by atoms with Crippen molar-refractivity contribution in [3.05, 3.63) is 28.8 Å². The maximum Gasteiger partial charge on any atom is 0.137 e. The van der Waals surface area contributed by atoms with Gasteiger partial charge in [0.2, 0.25) is 0 Å². The van der Waals surface area contributed by atoms with Gasteiger partial charge >= 0.3 is 0 Å². The number of hydrogen-bond donors (Lipinski definition) is 1. The van der Waals surface area contributed by atoms with Gasteiger partial charge in [-0.15, -0.1) is 0 Å². The van der Waals surface area contributed by atoms with Gasteiger partial charge < -0.3 is 14.6 Å². The maximum absolute atomic E-state index is 9.97. The second-order valence-corrected chi connectivity index (χ2v) is 5.24. The molecule has 0 amide bonds. The van der Waals surface area contributed by atoms with Crippen LogP contribution in [0.15, 0.2) is 18.2 Å². The van der Waals surface area contributed by atoms with E-state index in [1.54, 1.807) is 25.3 Å². The van der Waals surface area contributed by atoms with Crippen molar-refractivity contribution in [2.75, 3.05) is 13.7 Å². The van der Waals surface area contributed by atoms with Gasteiger partial charge in [0.1, 0.15) is 11.9 Å². The number of aliphatic hydroxyl groups excluding tert-OH is 1. The van der Waals surface area contributed by atoms with Crippen LogP contribution in [-0.2, 0) is 4.74 Å². The fourth-order valence-electron chi connectivity index (χ4n) is 1.31. The lowest BCUT2D eigenvalue weighted by Gasteiger charge is -2.22. The highest BCUT2D eigenvalue weighted by Crippen LogP contribution is 2.28. The molecule has 0 spiro atoms. The minimum Gasteiger partial charge on any atom is -0.495 e. The van der Waals surface area contributed by atoms with Crippen LogP contribution in [0.2, 0.25) is 5.02 Å². The summed E-state index contributed by atoms with van der Waals surface area (Å²) in [6.45, 7) is 6.08. The van der Waals surface area contributed by atoms with Crippen molar-refractivity contribution < 1.29 is 14.6 Å². The molecule has 96 valence electrons. The van der Waals surface area contributed by atoms with Crippen LogP contribution in [0.1, 0.15) is 32.4 Å². The summed E-state index contributed by atoms with van der Waals surface area (Å²) in [5.74, 6) is 0.555. The van der Waals surface area contributed by atoms with E-state index in [1.807, 2.05) is 20.8 Å². The molecule has 1 rings (SSSR count). The van der Waals surface area contributed by atoms with E-state index in [2.05, 4.69) is 0 Å². The van der Waals surface area contributed by atoms with Crippen LogP contribution >= 0.6 is 11.6 Å². The Morgan fingerprint density at radius 2 is 2.00 bits per heavy atom. The number of halogens is 1.